The van der Waals surface area contributed by atoms with Gasteiger partial charge in [-0.15, -0.1) is 11.3 Å². The van der Waals surface area contributed by atoms with Crippen molar-refractivity contribution in [1.82, 2.24) is 4.98 Å². The topological polar surface area (TPSA) is 48.1 Å². The minimum absolute atomic E-state index is 0.148. The summed E-state index contributed by atoms with van der Waals surface area (Å²) in [6.07, 6.45) is 6.06. The zero-order chi connectivity index (χ0) is 12.0. The SMILES string of the molecule is CC1Cc2nc(C3(N)CCCC3)sc2C(C)O1. The molecule has 0 saturated heterocycles. The van der Waals surface area contributed by atoms with E-state index in [-0.39, 0.29) is 17.7 Å². The first-order chi connectivity index (χ1) is 8.08. The van der Waals surface area contributed by atoms with E-state index in [1.807, 2.05) is 0 Å². The van der Waals surface area contributed by atoms with E-state index in [2.05, 4.69) is 13.8 Å². The average molecular weight is 252 g/mol. The van der Waals surface area contributed by atoms with Gasteiger partial charge in [0.05, 0.1) is 28.3 Å². The van der Waals surface area contributed by atoms with Crippen LogP contribution in [-0.4, -0.2) is 11.1 Å². The Labute approximate surface area is 106 Å². The quantitative estimate of drug-likeness (QED) is 0.836. The molecule has 0 radical (unpaired) electrons. The van der Waals surface area contributed by atoms with E-state index in [9.17, 15) is 0 Å². The number of nitrogens with two attached hydrogens (primary N) is 1. The summed E-state index contributed by atoms with van der Waals surface area (Å²) in [7, 11) is 0. The third-order valence-electron chi connectivity index (χ3n) is 3.94. The first-order valence-electron chi connectivity index (χ1n) is 6.53. The van der Waals surface area contributed by atoms with Crippen LogP contribution in [0.3, 0.4) is 0 Å². The fourth-order valence-electron chi connectivity index (χ4n) is 2.99. The summed E-state index contributed by atoms with van der Waals surface area (Å²) in [5.74, 6) is 0. The van der Waals surface area contributed by atoms with Gasteiger partial charge in [-0.25, -0.2) is 4.98 Å². The van der Waals surface area contributed by atoms with Crippen LogP contribution in [0.1, 0.15) is 61.2 Å². The van der Waals surface area contributed by atoms with Crippen molar-refractivity contribution in [3.63, 3.8) is 0 Å². The number of hydrogen-bond donors (Lipinski definition) is 1. The highest BCUT2D eigenvalue weighted by atomic mass is 32.1. The number of nitrogens with zero attached hydrogens (tertiary/aromatic N) is 1. The van der Waals surface area contributed by atoms with E-state index in [1.54, 1.807) is 11.3 Å². The Morgan fingerprint density at radius 1 is 1.35 bits per heavy atom. The molecule has 3 rings (SSSR count). The summed E-state index contributed by atoms with van der Waals surface area (Å²) in [4.78, 5) is 6.12. The van der Waals surface area contributed by atoms with Crippen LogP contribution in [0.15, 0.2) is 0 Å². The van der Waals surface area contributed by atoms with Gasteiger partial charge in [-0.3, -0.25) is 0 Å². The predicted molar refractivity (Wildman–Crippen MR) is 69.1 cm³/mol. The highest BCUT2D eigenvalue weighted by Crippen LogP contribution is 2.42. The second-order valence-electron chi connectivity index (χ2n) is 5.49. The fourth-order valence-corrected chi connectivity index (χ4v) is 4.23. The Kier molecular flexibility index (Phi) is 2.76. The van der Waals surface area contributed by atoms with Crippen molar-refractivity contribution in [1.29, 1.82) is 0 Å². The van der Waals surface area contributed by atoms with Crippen molar-refractivity contribution >= 4 is 11.3 Å². The molecule has 17 heavy (non-hydrogen) atoms. The lowest BCUT2D eigenvalue weighted by molar-refractivity contribution is -0.00320. The monoisotopic (exact) mass is 252 g/mol. The molecule has 3 nitrogen and oxygen atoms in total. The van der Waals surface area contributed by atoms with Gasteiger partial charge >= 0.3 is 0 Å². The molecular formula is C13H20N2OS. The van der Waals surface area contributed by atoms with Crippen LogP contribution >= 0.6 is 11.3 Å². The van der Waals surface area contributed by atoms with Crippen molar-refractivity contribution < 1.29 is 4.74 Å². The summed E-state index contributed by atoms with van der Waals surface area (Å²) < 4.78 is 5.85. The average Bonchev–Trinajstić information content (AvgIpc) is 2.84. The molecular weight excluding hydrogens is 232 g/mol. The molecule has 1 aromatic heterocycles. The summed E-state index contributed by atoms with van der Waals surface area (Å²) in [6.45, 7) is 4.24. The molecule has 2 atom stereocenters. The van der Waals surface area contributed by atoms with Crippen LogP contribution in [0.5, 0.6) is 0 Å². The van der Waals surface area contributed by atoms with Gasteiger partial charge < -0.3 is 10.5 Å². The Morgan fingerprint density at radius 3 is 2.76 bits per heavy atom. The molecule has 2 heterocycles. The number of rotatable bonds is 1. The number of hydrogen-bond acceptors (Lipinski definition) is 4. The smallest absolute Gasteiger partial charge is 0.113 e. The van der Waals surface area contributed by atoms with Crippen LogP contribution in [0.2, 0.25) is 0 Å². The van der Waals surface area contributed by atoms with Gasteiger partial charge in [-0.05, 0) is 26.7 Å². The van der Waals surface area contributed by atoms with E-state index >= 15 is 0 Å². The minimum Gasteiger partial charge on any atom is -0.370 e. The third-order valence-corrected chi connectivity index (χ3v) is 5.41. The normalized spacial score (nSPS) is 31.5. The number of fused-ring (bicyclic) bond motifs is 1. The highest BCUT2D eigenvalue weighted by Gasteiger charge is 2.37. The maximum absolute atomic E-state index is 6.48. The Morgan fingerprint density at radius 2 is 2.06 bits per heavy atom. The zero-order valence-electron chi connectivity index (χ0n) is 10.5. The van der Waals surface area contributed by atoms with Gasteiger partial charge in [0.25, 0.3) is 0 Å². The van der Waals surface area contributed by atoms with Crippen LogP contribution in [0.25, 0.3) is 0 Å². The van der Waals surface area contributed by atoms with Gasteiger partial charge in [0, 0.05) is 6.42 Å². The second kappa shape index (κ2) is 4.04. The number of thiazole rings is 1. The summed E-state index contributed by atoms with van der Waals surface area (Å²) in [6, 6.07) is 0. The van der Waals surface area contributed by atoms with E-state index in [0.29, 0.717) is 0 Å². The summed E-state index contributed by atoms with van der Waals surface area (Å²) >= 11 is 1.78. The molecule has 0 spiro atoms. The molecule has 0 aromatic carbocycles. The van der Waals surface area contributed by atoms with Crippen molar-refractivity contribution in [2.24, 2.45) is 5.73 Å². The van der Waals surface area contributed by atoms with Crippen LogP contribution in [-0.2, 0) is 16.7 Å². The molecule has 1 aliphatic heterocycles. The highest BCUT2D eigenvalue weighted by molar-refractivity contribution is 7.12. The Bertz CT molecular complexity index is 423. The van der Waals surface area contributed by atoms with Gasteiger partial charge in [0.15, 0.2) is 0 Å². The van der Waals surface area contributed by atoms with Crippen molar-refractivity contribution in [3.8, 4) is 0 Å². The van der Waals surface area contributed by atoms with Gasteiger partial charge in [0.2, 0.25) is 0 Å². The van der Waals surface area contributed by atoms with E-state index < -0.39 is 0 Å². The molecule has 1 aromatic rings. The third kappa shape index (κ3) is 1.92. The first-order valence-corrected chi connectivity index (χ1v) is 7.34. The lowest BCUT2D eigenvalue weighted by Gasteiger charge is -2.23. The van der Waals surface area contributed by atoms with Crippen molar-refractivity contribution in [2.45, 2.75) is 63.7 Å². The maximum Gasteiger partial charge on any atom is 0.113 e. The molecule has 2 N–H and O–H groups in total. The Hall–Kier alpha value is -0.450. The van der Waals surface area contributed by atoms with Crippen molar-refractivity contribution in [2.75, 3.05) is 0 Å². The molecule has 4 heteroatoms. The van der Waals surface area contributed by atoms with Crippen LogP contribution < -0.4 is 5.73 Å². The summed E-state index contributed by atoms with van der Waals surface area (Å²) in [5.41, 5.74) is 7.56. The first kappa shape index (κ1) is 11.6. The number of aromatic nitrogens is 1. The minimum atomic E-state index is -0.148. The Balaban J connectivity index is 1.96. The molecule has 0 amide bonds. The van der Waals surface area contributed by atoms with Gasteiger partial charge in [-0.1, -0.05) is 12.8 Å². The number of ether oxygens (including phenoxy) is 1. The molecule has 1 aliphatic carbocycles. The van der Waals surface area contributed by atoms with Crippen molar-refractivity contribution in [3.05, 3.63) is 15.6 Å². The van der Waals surface area contributed by atoms with E-state index in [1.165, 1.54) is 23.4 Å². The van der Waals surface area contributed by atoms with Gasteiger partial charge in [-0.2, -0.15) is 0 Å². The maximum atomic E-state index is 6.48. The van der Waals surface area contributed by atoms with Gasteiger partial charge in [0.1, 0.15) is 5.01 Å². The fraction of sp³-hybridized carbons (Fsp3) is 0.769. The lowest BCUT2D eigenvalue weighted by Crippen LogP contribution is -2.32. The summed E-state index contributed by atoms with van der Waals surface area (Å²) in [5, 5.41) is 1.14. The van der Waals surface area contributed by atoms with Crippen LogP contribution in [0.4, 0.5) is 0 Å². The largest absolute Gasteiger partial charge is 0.370 e. The van der Waals surface area contributed by atoms with Crippen LogP contribution in [0, 0.1) is 0 Å². The second-order valence-corrected chi connectivity index (χ2v) is 6.52. The lowest BCUT2D eigenvalue weighted by atomic mass is 10.0. The van der Waals surface area contributed by atoms with E-state index in [0.717, 1.165) is 24.3 Å². The molecule has 2 unspecified atom stereocenters. The standard InChI is InChI=1S/C13H20N2OS/c1-8-7-10-11(9(2)16-8)17-12(15-10)13(14)5-3-4-6-13/h8-9H,3-7,14H2,1-2H3. The molecule has 2 aliphatic rings. The molecule has 1 saturated carbocycles. The molecule has 1 fully saturated rings. The zero-order valence-corrected chi connectivity index (χ0v) is 11.3. The van der Waals surface area contributed by atoms with E-state index in [4.69, 9.17) is 15.5 Å². The molecule has 94 valence electrons. The molecule has 0 bridgehead atoms. The predicted octanol–water partition coefficient (Wildman–Crippen LogP) is 2.89.